The Morgan fingerprint density at radius 1 is 1.68 bits per heavy atom. The van der Waals surface area contributed by atoms with Gasteiger partial charge in [-0.2, -0.15) is 4.98 Å². The lowest BCUT2D eigenvalue weighted by Gasteiger charge is -2.23. The highest BCUT2D eigenvalue weighted by atomic mass is 19.3. The van der Waals surface area contributed by atoms with Crippen molar-refractivity contribution in [2.24, 2.45) is 5.92 Å². The molecule has 6 nitrogen and oxygen atoms in total. The van der Waals surface area contributed by atoms with Crippen LogP contribution in [-0.2, 0) is 4.74 Å². The van der Waals surface area contributed by atoms with Crippen molar-refractivity contribution in [1.29, 1.82) is 0 Å². The number of ether oxygens (including phenoxy) is 1. The third-order valence-corrected chi connectivity index (χ3v) is 3.38. The summed E-state index contributed by atoms with van der Waals surface area (Å²) in [6, 6.07) is -0.170. The van der Waals surface area contributed by atoms with Gasteiger partial charge in [-0.3, -0.25) is 4.57 Å². The molecule has 0 spiro atoms. The van der Waals surface area contributed by atoms with E-state index in [-0.39, 0.29) is 18.8 Å². The van der Waals surface area contributed by atoms with Crippen molar-refractivity contribution in [3.05, 3.63) is 22.7 Å². The SMILES string of the molecule is COC[C@H]1CC(n2ccc(N)nc2=O)C(F)(F)[C@@H]1O. The zero-order valence-corrected chi connectivity index (χ0v) is 10.3. The van der Waals surface area contributed by atoms with Crippen LogP contribution in [0.4, 0.5) is 14.6 Å². The second kappa shape index (κ2) is 4.86. The maximum absolute atomic E-state index is 14.0. The van der Waals surface area contributed by atoms with Crippen molar-refractivity contribution < 1.29 is 18.6 Å². The molecule has 1 saturated carbocycles. The molecule has 1 fully saturated rings. The molecule has 0 aromatic carbocycles. The predicted molar refractivity (Wildman–Crippen MR) is 62.9 cm³/mol. The van der Waals surface area contributed by atoms with Gasteiger partial charge in [-0.05, 0) is 12.5 Å². The van der Waals surface area contributed by atoms with Gasteiger partial charge in [0, 0.05) is 19.2 Å². The number of hydrogen-bond donors (Lipinski definition) is 2. The monoisotopic (exact) mass is 275 g/mol. The highest BCUT2D eigenvalue weighted by Gasteiger charge is 2.57. The lowest BCUT2D eigenvalue weighted by atomic mass is 10.1. The molecule has 8 heteroatoms. The van der Waals surface area contributed by atoms with Crippen molar-refractivity contribution in [3.8, 4) is 0 Å². The van der Waals surface area contributed by atoms with Crippen molar-refractivity contribution in [1.82, 2.24) is 9.55 Å². The van der Waals surface area contributed by atoms with Crippen LogP contribution in [0, 0.1) is 5.92 Å². The number of hydrogen-bond acceptors (Lipinski definition) is 5. The first-order valence-electron chi connectivity index (χ1n) is 5.77. The lowest BCUT2D eigenvalue weighted by Crippen LogP contribution is -2.40. The molecule has 19 heavy (non-hydrogen) atoms. The number of halogens is 2. The number of nitrogen functional groups attached to an aromatic ring is 1. The smallest absolute Gasteiger partial charge is 0.349 e. The number of nitrogens with two attached hydrogens (primary N) is 1. The molecule has 0 amide bonds. The molecule has 1 aliphatic carbocycles. The van der Waals surface area contributed by atoms with Gasteiger partial charge in [0.15, 0.2) is 0 Å². The highest BCUT2D eigenvalue weighted by molar-refractivity contribution is 5.24. The van der Waals surface area contributed by atoms with Gasteiger partial charge in [0.25, 0.3) is 5.92 Å². The number of aliphatic hydroxyl groups is 1. The summed E-state index contributed by atoms with van der Waals surface area (Å²) in [5.74, 6) is -4.17. The molecule has 1 aliphatic rings. The van der Waals surface area contributed by atoms with Crippen molar-refractivity contribution in [2.75, 3.05) is 19.5 Å². The maximum atomic E-state index is 14.0. The number of aromatic nitrogens is 2. The maximum Gasteiger partial charge on any atom is 0.349 e. The highest BCUT2D eigenvalue weighted by Crippen LogP contribution is 2.46. The van der Waals surface area contributed by atoms with E-state index in [0.717, 1.165) is 4.57 Å². The van der Waals surface area contributed by atoms with Gasteiger partial charge in [0.1, 0.15) is 18.0 Å². The molecule has 0 radical (unpaired) electrons. The topological polar surface area (TPSA) is 90.4 Å². The average Bonchev–Trinajstić information content (AvgIpc) is 2.54. The van der Waals surface area contributed by atoms with Crippen LogP contribution in [0.3, 0.4) is 0 Å². The number of aliphatic hydroxyl groups excluding tert-OH is 1. The van der Waals surface area contributed by atoms with E-state index in [2.05, 4.69) is 4.98 Å². The second-order valence-corrected chi connectivity index (χ2v) is 4.63. The average molecular weight is 275 g/mol. The minimum Gasteiger partial charge on any atom is -0.386 e. The first-order valence-corrected chi connectivity index (χ1v) is 5.77. The number of nitrogens with zero attached hydrogens (tertiary/aromatic N) is 2. The quantitative estimate of drug-likeness (QED) is 0.812. The fraction of sp³-hybridized carbons (Fsp3) is 0.636. The molecule has 0 bridgehead atoms. The number of rotatable bonds is 3. The van der Waals surface area contributed by atoms with Crippen LogP contribution < -0.4 is 11.4 Å². The Hall–Kier alpha value is -1.54. The molecular weight excluding hydrogens is 260 g/mol. The molecule has 3 atom stereocenters. The van der Waals surface area contributed by atoms with Gasteiger partial charge in [0.05, 0.1) is 6.61 Å². The Morgan fingerprint density at radius 2 is 2.37 bits per heavy atom. The van der Waals surface area contributed by atoms with Gasteiger partial charge in [-0.1, -0.05) is 0 Å². The summed E-state index contributed by atoms with van der Waals surface area (Å²) < 4.78 is 33.7. The molecule has 1 heterocycles. The fourth-order valence-electron chi connectivity index (χ4n) is 2.42. The number of alkyl halides is 2. The summed E-state index contributed by atoms with van der Waals surface area (Å²) in [6.45, 7) is 0.00437. The molecule has 1 unspecified atom stereocenters. The fourth-order valence-corrected chi connectivity index (χ4v) is 2.42. The molecular formula is C11H15F2N3O3. The summed E-state index contributed by atoms with van der Waals surface area (Å²) in [5, 5.41) is 9.63. The van der Waals surface area contributed by atoms with Crippen LogP contribution in [0.1, 0.15) is 12.5 Å². The minimum atomic E-state index is -3.41. The van der Waals surface area contributed by atoms with Crippen molar-refractivity contribution >= 4 is 5.82 Å². The largest absolute Gasteiger partial charge is 0.386 e. The van der Waals surface area contributed by atoms with E-state index in [1.165, 1.54) is 19.4 Å². The predicted octanol–water partition coefficient (Wildman–Crippen LogP) is 0.0291. The second-order valence-electron chi connectivity index (χ2n) is 4.63. The van der Waals surface area contributed by atoms with Crippen LogP contribution in [0.15, 0.2) is 17.1 Å². The lowest BCUT2D eigenvalue weighted by molar-refractivity contribution is -0.124. The third kappa shape index (κ3) is 2.33. The summed E-state index contributed by atoms with van der Waals surface area (Å²) in [6.07, 6.45) is -0.736. The first-order chi connectivity index (χ1) is 8.87. The van der Waals surface area contributed by atoms with Crippen LogP contribution in [0.2, 0.25) is 0 Å². The van der Waals surface area contributed by atoms with E-state index in [0.29, 0.717) is 0 Å². The molecule has 2 rings (SSSR count). The number of anilines is 1. The van der Waals surface area contributed by atoms with Crippen LogP contribution in [0.5, 0.6) is 0 Å². The zero-order valence-electron chi connectivity index (χ0n) is 10.3. The van der Waals surface area contributed by atoms with Crippen molar-refractivity contribution in [3.63, 3.8) is 0 Å². The minimum absolute atomic E-state index is 0.00437. The Kier molecular flexibility index (Phi) is 3.55. The van der Waals surface area contributed by atoms with E-state index in [1.54, 1.807) is 0 Å². The van der Waals surface area contributed by atoms with Crippen LogP contribution in [-0.4, -0.2) is 40.4 Å². The van der Waals surface area contributed by atoms with Gasteiger partial charge >= 0.3 is 5.69 Å². The van der Waals surface area contributed by atoms with E-state index >= 15 is 0 Å². The summed E-state index contributed by atoms with van der Waals surface area (Å²) in [7, 11) is 1.37. The number of methoxy groups -OCH3 is 1. The Labute approximate surface area is 107 Å². The summed E-state index contributed by atoms with van der Waals surface area (Å²) in [4.78, 5) is 15.0. The molecule has 3 N–H and O–H groups in total. The van der Waals surface area contributed by atoms with Gasteiger partial charge in [0.2, 0.25) is 0 Å². The van der Waals surface area contributed by atoms with Crippen molar-refractivity contribution in [2.45, 2.75) is 24.5 Å². The van der Waals surface area contributed by atoms with E-state index in [9.17, 15) is 18.7 Å². The van der Waals surface area contributed by atoms with Gasteiger partial charge < -0.3 is 15.6 Å². The Bertz CT molecular complexity index is 520. The van der Waals surface area contributed by atoms with Crippen LogP contribution >= 0.6 is 0 Å². The summed E-state index contributed by atoms with van der Waals surface area (Å²) in [5.41, 5.74) is 4.46. The zero-order chi connectivity index (χ0) is 14.2. The first kappa shape index (κ1) is 13.9. The molecule has 1 aromatic heterocycles. The normalized spacial score (nSPS) is 29.6. The summed E-state index contributed by atoms with van der Waals surface area (Å²) >= 11 is 0. The van der Waals surface area contributed by atoms with Gasteiger partial charge in [-0.25, -0.2) is 13.6 Å². The molecule has 0 saturated heterocycles. The van der Waals surface area contributed by atoms with Crippen LogP contribution in [0.25, 0.3) is 0 Å². The molecule has 106 valence electrons. The van der Waals surface area contributed by atoms with Gasteiger partial charge in [-0.15, -0.1) is 0 Å². The Morgan fingerprint density at radius 3 is 2.95 bits per heavy atom. The Balaban J connectivity index is 2.36. The third-order valence-electron chi connectivity index (χ3n) is 3.38. The molecule has 0 aliphatic heterocycles. The van der Waals surface area contributed by atoms with E-state index in [1.807, 2.05) is 0 Å². The molecule has 1 aromatic rings. The van der Waals surface area contributed by atoms with E-state index < -0.39 is 29.7 Å². The standard InChI is InChI=1S/C11H15F2N3O3/c1-19-5-6-4-7(11(12,13)9(6)17)16-3-2-8(14)15-10(16)18/h2-3,6-7,9,17H,4-5H2,1H3,(H2,14,15,18)/t6-,7?,9-/m1/s1. The van der Waals surface area contributed by atoms with E-state index in [4.69, 9.17) is 10.5 Å².